The van der Waals surface area contributed by atoms with E-state index in [-0.39, 0.29) is 23.7 Å². The lowest BCUT2D eigenvalue weighted by Gasteiger charge is -2.24. The molecule has 4 aromatic carbocycles. The van der Waals surface area contributed by atoms with Crippen molar-refractivity contribution in [3.63, 3.8) is 0 Å². The molecule has 0 saturated carbocycles. The molecule has 0 spiro atoms. The van der Waals surface area contributed by atoms with Gasteiger partial charge in [0.2, 0.25) is 0 Å². The highest BCUT2D eigenvalue weighted by Gasteiger charge is 2.42. The maximum absolute atomic E-state index is 12.6. The molecule has 2 atom stereocenters. The second kappa shape index (κ2) is 14.2. The number of aliphatic imine (C=N–C) groups is 2. The van der Waals surface area contributed by atoms with Crippen LogP contribution in [0, 0.1) is 13.1 Å². The van der Waals surface area contributed by atoms with E-state index >= 15 is 0 Å². The molecule has 6 aromatic rings. The molecule has 14 heteroatoms. The van der Waals surface area contributed by atoms with E-state index < -0.39 is 11.1 Å². The number of guanidine groups is 2. The summed E-state index contributed by atoms with van der Waals surface area (Å²) in [6.45, 7) is 18.1. The van der Waals surface area contributed by atoms with Crippen LogP contribution >= 0.6 is 0 Å². The van der Waals surface area contributed by atoms with Gasteiger partial charge in [0.15, 0.2) is 29.1 Å². The Kier molecular flexibility index (Phi) is 9.25. The summed E-state index contributed by atoms with van der Waals surface area (Å²) >= 11 is 0. The number of rotatable bonds is 4. The average Bonchev–Trinajstić information content (AvgIpc) is 3.92. The lowest BCUT2D eigenvalue weighted by Crippen LogP contribution is -2.38. The number of nitrogens with two attached hydrogens (primary N) is 2. The summed E-state index contributed by atoms with van der Waals surface area (Å²) in [6.07, 6.45) is 2.72. The van der Waals surface area contributed by atoms with Crippen LogP contribution in [-0.4, -0.2) is 57.9 Å². The van der Waals surface area contributed by atoms with Crippen molar-refractivity contribution >= 4 is 35.1 Å². The molecule has 0 fully saturated rings. The molecule has 0 aliphatic carbocycles. The number of carbonyl (C=O) groups excluding carboxylic acids is 2. The Bertz CT molecular complexity index is 2500. The van der Waals surface area contributed by atoms with E-state index in [1.54, 1.807) is 26.2 Å². The fraction of sp³-hybridized carbons (Fsp3) is 0.143. The maximum atomic E-state index is 12.6. The monoisotopic (exact) mass is 742 g/mol. The van der Waals surface area contributed by atoms with Gasteiger partial charge in [0.25, 0.3) is 11.8 Å². The molecule has 0 bridgehead atoms. The summed E-state index contributed by atoms with van der Waals surface area (Å²) < 4.78 is 10.6. The summed E-state index contributed by atoms with van der Waals surface area (Å²) in [5.74, 6) is -0.0913. The Hall–Kier alpha value is -7.84. The predicted molar refractivity (Wildman–Crippen MR) is 210 cm³/mol. The van der Waals surface area contributed by atoms with Gasteiger partial charge in [-0.1, -0.05) is 83.1 Å². The van der Waals surface area contributed by atoms with Crippen LogP contribution in [0.1, 0.15) is 57.1 Å². The first-order valence-corrected chi connectivity index (χ1v) is 17.2. The Balaban J connectivity index is 0.000000172. The standard InChI is InChI=1S/2C21H17N5O2/c1-21(18-17(12-28-25-18)19(27)26(3)20(22)24-21)15-8-4-6-13(10-15)14-7-5-9-16(11-14)23-2;1-21(18-17(12-24-28-18)19(27)26(3)20(22)25-21)15-8-4-6-13(10-15)14-7-5-9-16(11-14)23-2/h4-12H,1,3H3,(H2,22,24);4-12H,1,3H3,(H2,22,25). The first-order chi connectivity index (χ1) is 26.9. The minimum atomic E-state index is -1.02. The van der Waals surface area contributed by atoms with Gasteiger partial charge in [0, 0.05) is 14.1 Å². The summed E-state index contributed by atoms with van der Waals surface area (Å²) in [5.41, 5.74) is 17.6. The quantitative estimate of drug-likeness (QED) is 0.179. The fourth-order valence-electron chi connectivity index (χ4n) is 6.67. The van der Waals surface area contributed by atoms with Gasteiger partial charge in [-0.3, -0.25) is 19.4 Å². The molecular formula is C42H34N10O4. The van der Waals surface area contributed by atoms with Crippen molar-refractivity contribution in [1.29, 1.82) is 0 Å². The Morgan fingerprint density at radius 2 is 1.12 bits per heavy atom. The van der Waals surface area contributed by atoms with Crippen LogP contribution in [-0.2, 0) is 11.1 Å². The molecule has 4 N–H and O–H groups in total. The van der Waals surface area contributed by atoms with E-state index in [0.717, 1.165) is 33.4 Å². The molecule has 0 radical (unpaired) electrons. The maximum Gasteiger partial charge on any atom is 0.265 e. The minimum absolute atomic E-state index is 0.0966. The van der Waals surface area contributed by atoms with Crippen LogP contribution < -0.4 is 11.5 Å². The van der Waals surface area contributed by atoms with Gasteiger partial charge in [0.1, 0.15) is 34.2 Å². The van der Waals surface area contributed by atoms with E-state index in [2.05, 4.69) is 30.0 Å². The van der Waals surface area contributed by atoms with Crippen molar-refractivity contribution in [3.05, 3.63) is 166 Å². The van der Waals surface area contributed by atoms with Gasteiger partial charge in [-0.05, 0) is 71.5 Å². The van der Waals surface area contributed by atoms with Gasteiger partial charge < -0.3 is 20.5 Å². The lowest BCUT2D eigenvalue weighted by molar-refractivity contribution is 0.0861. The molecule has 2 aliphatic heterocycles. The number of hydrogen-bond donors (Lipinski definition) is 2. The number of amides is 2. The van der Waals surface area contributed by atoms with Crippen molar-refractivity contribution in [1.82, 2.24) is 20.1 Å². The van der Waals surface area contributed by atoms with Gasteiger partial charge in [-0.2, -0.15) is 0 Å². The molecule has 0 saturated heterocycles. The normalized spacial score (nSPS) is 18.8. The van der Waals surface area contributed by atoms with Crippen molar-refractivity contribution in [3.8, 4) is 22.3 Å². The Labute approximate surface area is 322 Å². The zero-order valence-corrected chi connectivity index (χ0v) is 30.8. The molecule has 8 rings (SSSR count). The fourth-order valence-corrected chi connectivity index (χ4v) is 6.67. The van der Waals surface area contributed by atoms with Gasteiger partial charge in [-0.15, -0.1) is 0 Å². The van der Waals surface area contributed by atoms with Crippen LogP contribution in [0.15, 0.2) is 129 Å². The summed E-state index contributed by atoms with van der Waals surface area (Å²) in [4.78, 5) is 44.0. The molecule has 2 aromatic heterocycles. The molecule has 2 unspecified atom stereocenters. The Morgan fingerprint density at radius 3 is 1.66 bits per heavy atom. The number of hydrogen-bond acceptors (Lipinski definition) is 10. The third kappa shape index (κ3) is 6.31. The van der Waals surface area contributed by atoms with Crippen molar-refractivity contribution in [2.75, 3.05) is 14.1 Å². The molecular weight excluding hydrogens is 709 g/mol. The summed E-state index contributed by atoms with van der Waals surface area (Å²) in [7, 11) is 3.13. The van der Waals surface area contributed by atoms with Crippen LogP contribution in [0.5, 0.6) is 0 Å². The average molecular weight is 743 g/mol. The van der Waals surface area contributed by atoms with Crippen LogP contribution in [0.25, 0.3) is 31.9 Å². The zero-order valence-electron chi connectivity index (χ0n) is 30.8. The highest BCUT2D eigenvalue weighted by atomic mass is 16.5. The van der Waals surface area contributed by atoms with Gasteiger partial charge in [0.05, 0.1) is 19.3 Å². The van der Waals surface area contributed by atoms with Crippen molar-refractivity contribution in [2.45, 2.75) is 24.9 Å². The van der Waals surface area contributed by atoms with Crippen LogP contribution in [0.2, 0.25) is 0 Å². The van der Waals surface area contributed by atoms with Crippen LogP contribution in [0.4, 0.5) is 11.4 Å². The minimum Gasteiger partial charge on any atom is -0.369 e. The largest absolute Gasteiger partial charge is 0.369 e. The van der Waals surface area contributed by atoms with Gasteiger partial charge in [-0.25, -0.2) is 19.7 Å². The molecule has 276 valence electrons. The second-order valence-electron chi connectivity index (χ2n) is 13.4. The van der Waals surface area contributed by atoms with Crippen molar-refractivity contribution < 1.29 is 18.6 Å². The van der Waals surface area contributed by atoms with E-state index in [9.17, 15) is 9.59 Å². The molecule has 14 nitrogen and oxygen atoms in total. The topological polar surface area (TPSA) is 178 Å². The van der Waals surface area contributed by atoms with Crippen LogP contribution in [0.3, 0.4) is 0 Å². The lowest BCUT2D eigenvalue weighted by atomic mass is 9.85. The van der Waals surface area contributed by atoms with Gasteiger partial charge >= 0.3 is 0 Å². The molecule has 56 heavy (non-hydrogen) atoms. The highest BCUT2D eigenvalue weighted by molar-refractivity contribution is 6.07. The number of aromatic nitrogens is 2. The number of fused-ring (bicyclic) bond motifs is 2. The van der Waals surface area contributed by atoms with E-state index in [0.29, 0.717) is 34.0 Å². The number of nitrogens with zero attached hydrogens (tertiary/aromatic N) is 8. The third-order valence-corrected chi connectivity index (χ3v) is 9.94. The van der Waals surface area contributed by atoms with E-state index in [1.807, 2.05) is 98.8 Å². The predicted octanol–water partition coefficient (Wildman–Crippen LogP) is 7.11. The molecule has 2 amide bonds. The summed E-state index contributed by atoms with van der Waals surface area (Å²) in [5, 5.41) is 7.88. The third-order valence-electron chi connectivity index (χ3n) is 9.94. The summed E-state index contributed by atoms with van der Waals surface area (Å²) in [6, 6.07) is 30.2. The SMILES string of the molecule is [C-]#[N+]c1cccc(-c2cccc(C3(C)N=C(N)N(C)C(=O)c4cnoc43)c2)c1.[C-]#[N+]c1cccc(-c2cccc(C3(C)N=C(N)N(C)C(=O)c4conc43)c2)c1. The second-order valence-corrected chi connectivity index (χ2v) is 13.4. The van der Waals surface area contributed by atoms with Crippen molar-refractivity contribution in [2.24, 2.45) is 21.5 Å². The molecule has 2 aliphatic rings. The zero-order chi connectivity index (χ0) is 39.8. The first-order valence-electron chi connectivity index (χ1n) is 17.2. The first kappa shape index (κ1) is 36.5. The molecule has 4 heterocycles. The number of benzene rings is 4. The Morgan fingerprint density at radius 1 is 0.661 bits per heavy atom. The smallest absolute Gasteiger partial charge is 0.265 e. The number of carbonyl (C=O) groups is 2. The van der Waals surface area contributed by atoms with E-state index in [4.69, 9.17) is 33.7 Å². The van der Waals surface area contributed by atoms with E-state index in [1.165, 1.54) is 22.3 Å². The highest BCUT2D eigenvalue weighted by Crippen LogP contribution is 2.41.